The second kappa shape index (κ2) is 5.93. The van der Waals surface area contributed by atoms with Gasteiger partial charge in [-0.3, -0.25) is 14.5 Å². The Morgan fingerprint density at radius 3 is 2.09 bits per heavy atom. The molecule has 0 radical (unpaired) electrons. The summed E-state index contributed by atoms with van der Waals surface area (Å²) >= 11 is 0. The van der Waals surface area contributed by atoms with E-state index in [0.29, 0.717) is 12.8 Å². The van der Waals surface area contributed by atoms with E-state index in [1.807, 2.05) is 0 Å². The molecule has 5 heteroatoms. The monoisotopic (exact) mass is 310 g/mol. The molecule has 4 unspecified atom stereocenters. The van der Waals surface area contributed by atoms with Crippen molar-refractivity contribution in [2.24, 2.45) is 5.92 Å². The molecule has 4 atom stereocenters. The van der Waals surface area contributed by atoms with E-state index in [9.17, 15) is 9.59 Å². The van der Waals surface area contributed by atoms with Gasteiger partial charge in [0.1, 0.15) is 0 Å². The summed E-state index contributed by atoms with van der Waals surface area (Å²) in [6.45, 7) is 10.8. The van der Waals surface area contributed by atoms with Crippen LogP contribution < -0.4 is 0 Å². The molecular formula is C17H30N2O3. The molecule has 2 saturated heterocycles. The van der Waals surface area contributed by atoms with Crippen LogP contribution >= 0.6 is 0 Å². The lowest BCUT2D eigenvalue weighted by molar-refractivity contribution is -0.296. The van der Waals surface area contributed by atoms with Crippen LogP contribution in [0.4, 0.5) is 0 Å². The number of carbonyl (C=O) groups excluding carboxylic acids is 2. The Hall–Kier alpha value is -0.940. The summed E-state index contributed by atoms with van der Waals surface area (Å²) in [5.74, 6) is 0.150. The molecule has 0 aromatic carbocycles. The quantitative estimate of drug-likeness (QED) is 0.749. The summed E-state index contributed by atoms with van der Waals surface area (Å²) in [5.41, 5.74) is -0.384. The van der Waals surface area contributed by atoms with Gasteiger partial charge in [-0.05, 0) is 39.0 Å². The third kappa shape index (κ3) is 2.38. The maximum atomic E-state index is 12.2. The zero-order valence-corrected chi connectivity index (χ0v) is 14.8. The average molecular weight is 310 g/mol. The fourth-order valence-corrected chi connectivity index (χ4v) is 4.39. The summed E-state index contributed by atoms with van der Waals surface area (Å²) in [7, 11) is 1.72. The van der Waals surface area contributed by atoms with Gasteiger partial charge in [0.15, 0.2) is 0 Å². The lowest BCUT2D eigenvalue weighted by Crippen LogP contribution is -2.70. The van der Waals surface area contributed by atoms with E-state index in [1.165, 1.54) is 0 Å². The van der Waals surface area contributed by atoms with Gasteiger partial charge in [0.25, 0.3) is 0 Å². The standard InChI is InChI=1S/C17H30N2O3/c1-7-16(4)11-13(18-14(20)9-10-15(18)21)12(3)17(5,8-2)19(16)22-6/h12-13H,7-11H2,1-6H3. The first-order valence-corrected chi connectivity index (χ1v) is 8.44. The van der Waals surface area contributed by atoms with E-state index in [-0.39, 0.29) is 34.9 Å². The normalized spacial score (nSPS) is 40.5. The van der Waals surface area contributed by atoms with E-state index in [2.05, 4.69) is 39.7 Å². The maximum absolute atomic E-state index is 12.2. The Balaban J connectivity index is 2.45. The summed E-state index contributed by atoms with van der Waals surface area (Å²) in [4.78, 5) is 31.8. The average Bonchev–Trinajstić information content (AvgIpc) is 2.83. The van der Waals surface area contributed by atoms with E-state index in [4.69, 9.17) is 4.84 Å². The van der Waals surface area contributed by atoms with Crippen molar-refractivity contribution in [2.45, 2.75) is 83.8 Å². The largest absolute Gasteiger partial charge is 0.301 e. The van der Waals surface area contributed by atoms with Crippen molar-refractivity contribution in [3.63, 3.8) is 0 Å². The predicted octanol–water partition coefficient (Wildman–Crippen LogP) is 2.74. The highest BCUT2D eigenvalue weighted by Gasteiger charge is 2.56. The predicted molar refractivity (Wildman–Crippen MR) is 84.9 cm³/mol. The molecule has 0 N–H and O–H groups in total. The minimum Gasteiger partial charge on any atom is -0.301 e. The third-order valence-corrected chi connectivity index (χ3v) is 6.24. The molecule has 2 fully saturated rings. The molecule has 0 spiro atoms. The van der Waals surface area contributed by atoms with Gasteiger partial charge in [0, 0.05) is 30.0 Å². The smallest absolute Gasteiger partial charge is 0.229 e. The Morgan fingerprint density at radius 2 is 1.68 bits per heavy atom. The number of piperidine rings is 1. The minimum absolute atomic E-state index is 0.00961. The number of hydrogen-bond acceptors (Lipinski definition) is 4. The van der Waals surface area contributed by atoms with Gasteiger partial charge >= 0.3 is 0 Å². The van der Waals surface area contributed by atoms with Crippen LogP contribution in [-0.4, -0.2) is 46.0 Å². The molecule has 0 aromatic heterocycles. The number of hydroxylamine groups is 2. The van der Waals surface area contributed by atoms with Gasteiger partial charge in [-0.1, -0.05) is 20.8 Å². The first kappa shape index (κ1) is 17.4. The van der Waals surface area contributed by atoms with Crippen LogP contribution in [0.2, 0.25) is 0 Å². The topological polar surface area (TPSA) is 49.9 Å². The van der Waals surface area contributed by atoms with Crippen LogP contribution in [0.5, 0.6) is 0 Å². The molecule has 0 saturated carbocycles. The number of imide groups is 1. The molecule has 126 valence electrons. The third-order valence-electron chi connectivity index (χ3n) is 6.24. The van der Waals surface area contributed by atoms with Gasteiger partial charge < -0.3 is 4.84 Å². The molecule has 22 heavy (non-hydrogen) atoms. The molecule has 2 aliphatic heterocycles. The molecule has 0 aliphatic carbocycles. The van der Waals surface area contributed by atoms with Crippen molar-refractivity contribution < 1.29 is 14.4 Å². The van der Waals surface area contributed by atoms with Crippen LogP contribution in [0.25, 0.3) is 0 Å². The summed E-state index contributed by atoms with van der Waals surface area (Å²) in [6.07, 6.45) is 3.31. The molecule has 0 bridgehead atoms. The van der Waals surface area contributed by atoms with Crippen LogP contribution in [0.1, 0.15) is 66.7 Å². The van der Waals surface area contributed by atoms with E-state index < -0.39 is 0 Å². The molecule has 2 aliphatic rings. The van der Waals surface area contributed by atoms with Crippen molar-refractivity contribution in [1.82, 2.24) is 9.96 Å². The highest BCUT2D eigenvalue weighted by molar-refractivity contribution is 6.02. The van der Waals surface area contributed by atoms with Crippen molar-refractivity contribution in [1.29, 1.82) is 0 Å². The molecule has 0 aromatic rings. The zero-order valence-electron chi connectivity index (χ0n) is 14.8. The van der Waals surface area contributed by atoms with E-state index >= 15 is 0 Å². The molecule has 5 nitrogen and oxygen atoms in total. The fraction of sp³-hybridized carbons (Fsp3) is 0.882. The van der Waals surface area contributed by atoms with Gasteiger partial charge in [0.2, 0.25) is 11.8 Å². The SMILES string of the molecule is CCC1(C)CC(N2C(=O)CCC2=O)C(C)C(C)(CC)N1OC. The summed E-state index contributed by atoms with van der Waals surface area (Å²) in [6, 6.07) is -0.0381. The molecule has 2 heterocycles. The van der Waals surface area contributed by atoms with Crippen molar-refractivity contribution in [2.75, 3.05) is 7.11 Å². The number of rotatable bonds is 4. The van der Waals surface area contributed by atoms with Crippen LogP contribution in [0, 0.1) is 5.92 Å². The number of nitrogens with zero attached hydrogens (tertiary/aromatic N) is 2. The zero-order chi connectivity index (χ0) is 16.7. The molecular weight excluding hydrogens is 280 g/mol. The first-order chi connectivity index (χ1) is 10.2. The minimum atomic E-state index is -0.203. The number of amides is 2. The van der Waals surface area contributed by atoms with Crippen LogP contribution in [0.15, 0.2) is 0 Å². The van der Waals surface area contributed by atoms with Gasteiger partial charge in [-0.25, -0.2) is 0 Å². The number of likely N-dealkylation sites (tertiary alicyclic amines) is 1. The van der Waals surface area contributed by atoms with Gasteiger partial charge in [-0.15, -0.1) is 0 Å². The molecule has 2 amide bonds. The summed E-state index contributed by atoms with van der Waals surface area (Å²) in [5, 5.41) is 2.12. The highest BCUT2D eigenvalue weighted by Crippen LogP contribution is 2.47. The lowest BCUT2D eigenvalue weighted by Gasteiger charge is -2.60. The van der Waals surface area contributed by atoms with Crippen molar-refractivity contribution in [3.05, 3.63) is 0 Å². The Bertz CT molecular complexity index is 451. The van der Waals surface area contributed by atoms with Gasteiger partial charge in [0.05, 0.1) is 7.11 Å². The second-order valence-corrected chi connectivity index (χ2v) is 7.26. The van der Waals surface area contributed by atoms with Crippen molar-refractivity contribution in [3.8, 4) is 0 Å². The van der Waals surface area contributed by atoms with Gasteiger partial charge in [-0.2, -0.15) is 5.06 Å². The lowest BCUT2D eigenvalue weighted by atomic mass is 9.68. The Kier molecular flexibility index (Phi) is 4.69. The Morgan fingerprint density at radius 1 is 1.14 bits per heavy atom. The second-order valence-electron chi connectivity index (χ2n) is 7.26. The number of hydrogen-bond donors (Lipinski definition) is 0. The fourth-order valence-electron chi connectivity index (χ4n) is 4.39. The highest BCUT2D eigenvalue weighted by atomic mass is 16.7. The van der Waals surface area contributed by atoms with E-state index in [1.54, 1.807) is 12.0 Å². The maximum Gasteiger partial charge on any atom is 0.229 e. The number of carbonyl (C=O) groups is 2. The summed E-state index contributed by atoms with van der Waals surface area (Å²) < 4.78 is 0. The van der Waals surface area contributed by atoms with Crippen LogP contribution in [-0.2, 0) is 14.4 Å². The van der Waals surface area contributed by atoms with Crippen LogP contribution in [0.3, 0.4) is 0 Å². The van der Waals surface area contributed by atoms with Crippen molar-refractivity contribution >= 4 is 11.8 Å². The van der Waals surface area contributed by atoms with E-state index in [0.717, 1.165) is 19.3 Å². The first-order valence-electron chi connectivity index (χ1n) is 8.44. The Labute approximate surface area is 133 Å². The molecule has 2 rings (SSSR count).